The molecule has 7 N–H and O–H groups in total. The summed E-state index contributed by atoms with van der Waals surface area (Å²) in [6.07, 6.45) is 3.65. The number of hydrogen-bond acceptors (Lipinski definition) is 2. The summed E-state index contributed by atoms with van der Waals surface area (Å²) in [5, 5.41) is 0. The molecular weight excluding hydrogens is 419 g/mol. The number of benzene rings is 1. The largest absolute Gasteiger partial charge is 1.00 e. The molecule has 0 radical (unpaired) electrons. The van der Waals surface area contributed by atoms with Crippen LogP contribution in [0.4, 0.5) is 0 Å². The van der Waals surface area contributed by atoms with Gasteiger partial charge in [-0.15, -0.1) is 0 Å². The number of nitrogens with one attached hydrogen (secondary N) is 1. The minimum absolute atomic E-state index is 0. The fourth-order valence-corrected chi connectivity index (χ4v) is 3.25. The second-order valence-corrected chi connectivity index (χ2v) is 8.06. The Kier molecular flexibility index (Phi) is 17.0. The molecule has 1 aliphatic rings. The molecule has 28 heavy (non-hydrogen) atoms. The van der Waals surface area contributed by atoms with Crippen molar-refractivity contribution < 1.29 is 62.9 Å². The Hall–Kier alpha value is -0.0451. The monoisotopic (exact) mass is 455 g/mol. The van der Waals surface area contributed by atoms with Crippen molar-refractivity contribution in [3.05, 3.63) is 29.8 Å². The summed E-state index contributed by atoms with van der Waals surface area (Å²) in [5.41, 5.74) is 10.6. The highest BCUT2D eigenvalue weighted by Gasteiger charge is 2.33. The molecule has 0 bridgehead atoms. The average molecular weight is 457 g/mol. The van der Waals surface area contributed by atoms with E-state index in [1.54, 1.807) is 4.90 Å². The van der Waals surface area contributed by atoms with E-state index in [0.717, 1.165) is 38.3 Å². The zero-order chi connectivity index (χ0) is 18.1. The normalized spacial score (nSPS) is 16.4. The molecule has 1 heterocycles. The highest BCUT2D eigenvalue weighted by atomic mass is 35.5. The second-order valence-electron chi connectivity index (χ2n) is 8.06. The van der Waals surface area contributed by atoms with E-state index in [-0.39, 0.29) is 49.8 Å². The first-order valence-corrected chi connectivity index (χ1v) is 9.78. The quantitative estimate of drug-likeness (QED) is 0.242. The van der Waals surface area contributed by atoms with E-state index >= 15 is 0 Å². The van der Waals surface area contributed by atoms with Crippen molar-refractivity contribution in [3.8, 4) is 0 Å². The maximum atomic E-state index is 5.94. The zero-order valence-electron chi connectivity index (χ0n) is 17.3. The highest BCUT2D eigenvalue weighted by Crippen LogP contribution is 2.21. The van der Waals surface area contributed by atoms with Crippen LogP contribution in [0, 0.1) is 5.41 Å². The van der Waals surface area contributed by atoms with Gasteiger partial charge in [-0.3, -0.25) is 0 Å². The lowest BCUT2D eigenvalue weighted by molar-refractivity contribution is -0.915. The highest BCUT2D eigenvalue weighted by molar-refractivity contribution is 6.61. The fourth-order valence-electron chi connectivity index (χ4n) is 3.25. The van der Waals surface area contributed by atoms with Crippen LogP contribution in [-0.4, -0.2) is 46.5 Å². The Morgan fingerprint density at radius 3 is 2.18 bits per heavy atom. The molecule has 1 atom stereocenters. The Labute approximate surface area is 189 Å². The molecule has 0 saturated carbocycles. The SMILES string of the molecule is CC1(C)COB(c2cccc(C[NH+](CCC[NH3+])CCCC[NH3+])c2)OC1.[Cl-].[Cl-].[Cl-]. The van der Waals surface area contributed by atoms with Crippen LogP contribution >= 0.6 is 0 Å². The number of halogens is 3. The standard InChI is InChI=1S/C19H34BN3O2.3ClH/c1-19(2)15-24-20(25-16-19)18-8-5-7-17(13-18)14-23(12-6-10-22)11-4-3-9-21;;;/h5,7-8,13H,3-4,6,9-12,14-16,21-22H2,1-2H3;3*1H. The van der Waals surface area contributed by atoms with Crippen LogP contribution in [-0.2, 0) is 15.9 Å². The number of hydrogen-bond donors (Lipinski definition) is 3. The van der Waals surface area contributed by atoms with Crippen LogP contribution in [0.3, 0.4) is 0 Å². The molecule has 164 valence electrons. The van der Waals surface area contributed by atoms with Gasteiger partial charge in [0.25, 0.3) is 0 Å². The van der Waals surface area contributed by atoms with Crippen LogP contribution in [0.1, 0.15) is 38.7 Å². The van der Waals surface area contributed by atoms with Gasteiger partial charge < -0.3 is 62.9 Å². The van der Waals surface area contributed by atoms with Crippen molar-refractivity contribution in [1.29, 1.82) is 0 Å². The van der Waals surface area contributed by atoms with Crippen molar-refractivity contribution >= 4 is 12.6 Å². The van der Waals surface area contributed by atoms with Gasteiger partial charge in [-0.05, 0) is 5.46 Å². The average Bonchev–Trinajstić information content (AvgIpc) is 2.60. The first-order chi connectivity index (χ1) is 12.0. The Morgan fingerprint density at radius 2 is 1.57 bits per heavy atom. The summed E-state index contributed by atoms with van der Waals surface area (Å²) in [5.74, 6) is 0. The summed E-state index contributed by atoms with van der Waals surface area (Å²) in [7, 11) is -0.220. The molecule has 0 aromatic heterocycles. The van der Waals surface area contributed by atoms with Gasteiger partial charge in [0, 0.05) is 43.5 Å². The number of quaternary nitrogens is 3. The lowest BCUT2D eigenvalue weighted by Crippen LogP contribution is -3.11. The lowest BCUT2D eigenvalue weighted by Gasteiger charge is -2.33. The summed E-state index contributed by atoms with van der Waals surface area (Å²) >= 11 is 0. The molecule has 5 nitrogen and oxygen atoms in total. The van der Waals surface area contributed by atoms with Crippen LogP contribution in [0.25, 0.3) is 0 Å². The number of rotatable bonds is 10. The van der Waals surface area contributed by atoms with E-state index in [2.05, 4.69) is 49.6 Å². The molecule has 0 spiro atoms. The van der Waals surface area contributed by atoms with Crippen molar-refractivity contribution in [2.45, 2.75) is 39.7 Å². The van der Waals surface area contributed by atoms with Crippen molar-refractivity contribution in [1.82, 2.24) is 0 Å². The Balaban J connectivity index is 0. The molecule has 1 aliphatic heterocycles. The third kappa shape index (κ3) is 10.7. The smallest absolute Gasteiger partial charge is 0.493 e. The minimum Gasteiger partial charge on any atom is -1.00 e. The van der Waals surface area contributed by atoms with Gasteiger partial charge in [-0.1, -0.05) is 38.1 Å². The Bertz CT molecular complexity index is 517. The molecule has 2 rings (SSSR count). The molecule has 0 aliphatic carbocycles. The van der Waals surface area contributed by atoms with E-state index in [9.17, 15) is 0 Å². The van der Waals surface area contributed by atoms with Gasteiger partial charge in [0.15, 0.2) is 0 Å². The van der Waals surface area contributed by atoms with Crippen LogP contribution in [0.2, 0.25) is 0 Å². The predicted octanol–water partition coefficient (Wildman–Crippen LogP) is -10.5. The van der Waals surface area contributed by atoms with Crippen molar-refractivity contribution in [2.75, 3.05) is 39.4 Å². The maximum Gasteiger partial charge on any atom is 0.493 e. The fraction of sp³-hybridized carbons (Fsp3) is 0.684. The van der Waals surface area contributed by atoms with Gasteiger partial charge in [0.1, 0.15) is 6.54 Å². The first-order valence-electron chi connectivity index (χ1n) is 9.78. The van der Waals surface area contributed by atoms with Gasteiger partial charge >= 0.3 is 7.12 Å². The van der Waals surface area contributed by atoms with E-state index in [4.69, 9.17) is 9.31 Å². The van der Waals surface area contributed by atoms with Crippen LogP contribution < -0.4 is 59.1 Å². The molecule has 1 fully saturated rings. The van der Waals surface area contributed by atoms with Gasteiger partial charge in [-0.25, -0.2) is 0 Å². The predicted molar refractivity (Wildman–Crippen MR) is 101 cm³/mol. The molecule has 0 amide bonds. The van der Waals surface area contributed by atoms with E-state index < -0.39 is 0 Å². The Morgan fingerprint density at radius 1 is 0.964 bits per heavy atom. The first kappa shape index (κ1) is 30.2. The zero-order valence-corrected chi connectivity index (χ0v) is 19.6. The third-order valence-electron chi connectivity index (χ3n) is 4.74. The van der Waals surface area contributed by atoms with Crippen LogP contribution in [0.15, 0.2) is 24.3 Å². The topological polar surface area (TPSA) is 78.2 Å². The summed E-state index contributed by atoms with van der Waals surface area (Å²) in [6, 6.07) is 8.73. The summed E-state index contributed by atoms with van der Waals surface area (Å²) in [6.45, 7) is 11.3. The molecule has 9 heteroatoms. The molecule has 1 aromatic rings. The molecule has 1 saturated heterocycles. The van der Waals surface area contributed by atoms with E-state index in [1.807, 2.05) is 0 Å². The maximum absolute atomic E-state index is 5.94. The van der Waals surface area contributed by atoms with Gasteiger partial charge in [-0.2, -0.15) is 0 Å². The summed E-state index contributed by atoms with van der Waals surface area (Å²) < 4.78 is 11.9. The van der Waals surface area contributed by atoms with Gasteiger partial charge in [0.2, 0.25) is 0 Å². The van der Waals surface area contributed by atoms with Crippen LogP contribution in [0.5, 0.6) is 0 Å². The van der Waals surface area contributed by atoms with E-state index in [1.165, 1.54) is 37.9 Å². The lowest BCUT2D eigenvalue weighted by atomic mass is 9.75. The van der Waals surface area contributed by atoms with Crippen molar-refractivity contribution in [2.24, 2.45) is 5.41 Å². The van der Waals surface area contributed by atoms with Gasteiger partial charge in [0.05, 0.1) is 26.2 Å². The molecule has 1 aromatic carbocycles. The molecule has 1 unspecified atom stereocenters. The second kappa shape index (κ2) is 15.7. The third-order valence-corrected chi connectivity index (χ3v) is 4.74. The van der Waals surface area contributed by atoms with Crippen molar-refractivity contribution in [3.63, 3.8) is 0 Å². The van der Waals surface area contributed by atoms with E-state index in [0.29, 0.717) is 0 Å². The summed E-state index contributed by atoms with van der Waals surface area (Å²) in [4.78, 5) is 1.64. The molecular formula is C19H37BCl3N3O2. The minimum atomic E-state index is -0.220. The number of unbranched alkanes of at least 4 members (excludes halogenated alkanes) is 1.